The number of esters is 1. The second-order valence-corrected chi connectivity index (χ2v) is 4.72. The Bertz CT molecular complexity index is 417. The molecular weight excluding hydrogens is 236 g/mol. The van der Waals surface area contributed by atoms with Crippen molar-refractivity contribution in [3.05, 3.63) is 12.0 Å². The zero-order chi connectivity index (χ0) is 13.2. The SMILES string of the molecule is CCOC(=O)c1coc(N2CCC(C)(O)CC2)n1. The van der Waals surface area contributed by atoms with E-state index >= 15 is 0 Å². The molecule has 6 heteroatoms. The van der Waals surface area contributed by atoms with Gasteiger partial charge in [0.05, 0.1) is 12.2 Å². The summed E-state index contributed by atoms with van der Waals surface area (Å²) in [5, 5.41) is 9.85. The van der Waals surface area contributed by atoms with Crippen LogP contribution < -0.4 is 4.90 Å². The Morgan fingerprint density at radius 2 is 2.28 bits per heavy atom. The lowest BCUT2D eigenvalue weighted by atomic mass is 9.94. The Hall–Kier alpha value is -1.56. The number of oxazole rings is 1. The summed E-state index contributed by atoms with van der Waals surface area (Å²) in [6.45, 7) is 5.20. The van der Waals surface area contributed by atoms with Crippen molar-refractivity contribution in [2.24, 2.45) is 0 Å². The fourth-order valence-electron chi connectivity index (χ4n) is 1.89. The maximum Gasteiger partial charge on any atom is 0.360 e. The molecular formula is C12H18N2O4. The van der Waals surface area contributed by atoms with E-state index in [2.05, 4.69) is 4.98 Å². The van der Waals surface area contributed by atoms with Crippen LogP contribution in [0.25, 0.3) is 0 Å². The second-order valence-electron chi connectivity index (χ2n) is 4.72. The van der Waals surface area contributed by atoms with E-state index in [1.807, 2.05) is 11.8 Å². The summed E-state index contributed by atoms with van der Waals surface area (Å²) in [5.41, 5.74) is -0.434. The third kappa shape index (κ3) is 2.81. The summed E-state index contributed by atoms with van der Waals surface area (Å²) in [4.78, 5) is 17.5. The number of aromatic nitrogens is 1. The number of hydrogen-bond acceptors (Lipinski definition) is 6. The van der Waals surface area contributed by atoms with Gasteiger partial charge in [0, 0.05) is 13.1 Å². The van der Waals surface area contributed by atoms with Gasteiger partial charge in [-0.05, 0) is 26.7 Å². The maximum atomic E-state index is 11.4. The van der Waals surface area contributed by atoms with Crippen LogP contribution in [0.3, 0.4) is 0 Å². The van der Waals surface area contributed by atoms with Crippen molar-refractivity contribution in [2.45, 2.75) is 32.3 Å². The molecule has 0 radical (unpaired) electrons. The zero-order valence-corrected chi connectivity index (χ0v) is 10.7. The molecule has 0 aromatic carbocycles. The Labute approximate surface area is 106 Å². The van der Waals surface area contributed by atoms with Crippen LogP contribution in [0.4, 0.5) is 6.01 Å². The van der Waals surface area contributed by atoms with Gasteiger partial charge in [0.1, 0.15) is 6.26 Å². The van der Waals surface area contributed by atoms with Crippen molar-refractivity contribution in [1.29, 1.82) is 0 Å². The highest BCUT2D eigenvalue weighted by Gasteiger charge is 2.29. The fourth-order valence-corrected chi connectivity index (χ4v) is 1.89. The van der Waals surface area contributed by atoms with Crippen LogP contribution in [0.1, 0.15) is 37.2 Å². The molecule has 0 unspecified atom stereocenters. The molecule has 0 atom stereocenters. The van der Waals surface area contributed by atoms with Crippen molar-refractivity contribution >= 4 is 12.0 Å². The van der Waals surface area contributed by atoms with Gasteiger partial charge in [-0.25, -0.2) is 4.79 Å². The molecule has 0 bridgehead atoms. The van der Waals surface area contributed by atoms with E-state index in [-0.39, 0.29) is 5.69 Å². The molecule has 0 amide bonds. The normalized spacial score (nSPS) is 18.7. The first-order valence-corrected chi connectivity index (χ1v) is 6.12. The molecule has 2 rings (SSSR count). The van der Waals surface area contributed by atoms with E-state index < -0.39 is 11.6 Å². The highest BCUT2D eigenvalue weighted by Crippen LogP contribution is 2.25. The summed E-state index contributed by atoms with van der Waals surface area (Å²) in [7, 11) is 0. The van der Waals surface area contributed by atoms with Gasteiger partial charge in [0.25, 0.3) is 6.01 Å². The van der Waals surface area contributed by atoms with E-state index in [1.54, 1.807) is 6.92 Å². The van der Waals surface area contributed by atoms with Gasteiger partial charge in [-0.1, -0.05) is 0 Å². The van der Waals surface area contributed by atoms with Crippen molar-refractivity contribution in [2.75, 3.05) is 24.6 Å². The quantitative estimate of drug-likeness (QED) is 0.817. The number of piperidine rings is 1. The second kappa shape index (κ2) is 4.97. The van der Waals surface area contributed by atoms with Gasteiger partial charge in [-0.15, -0.1) is 0 Å². The van der Waals surface area contributed by atoms with Crippen LogP contribution >= 0.6 is 0 Å². The molecule has 0 spiro atoms. The Morgan fingerprint density at radius 3 is 2.89 bits per heavy atom. The molecule has 2 heterocycles. The summed E-state index contributed by atoms with van der Waals surface area (Å²) >= 11 is 0. The lowest BCUT2D eigenvalue weighted by molar-refractivity contribution is 0.0342. The van der Waals surface area contributed by atoms with Crippen LogP contribution in [-0.2, 0) is 4.74 Å². The van der Waals surface area contributed by atoms with Crippen molar-refractivity contribution in [3.63, 3.8) is 0 Å². The minimum absolute atomic E-state index is 0.184. The highest BCUT2D eigenvalue weighted by molar-refractivity contribution is 5.87. The van der Waals surface area contributed by atoms with Gasteiger partial charge in [0.2, 0.25) is 0 Å². The van der Waals surface area contributed by atoms with E-state index in [1.165, 1.54) is 6.26 Å². The van der Waals surface area contributed by atoms with Crippen molar-refractivity contribution in [3.8, 4) is 0 Å². The molecule has 1 fully saturated rings. The van der Waals surface area contributed by atoms with Crippen LogP contribution in [0.15, 0.2) is 10.7 Å². The maximum absolute atomic E-state index is 11.4. The van der Waals surface area contributed by atoms with Crippen LogP contribution in [-0.4, -0.2) is 41.4 Å². The third-order valence-electron chi connectivity index (χ3n) is 3.09. The predicted molar refractivity (Wildman–Crippen MR) is 64.5 cm³/mol. The lowest BCUT2D eigenvalue weighted by Crippen LogP contribution is -2.42. The molecule has 6 nitrogen and oxygen atoms in total. The first-order chi connectivity index (χ1) is 8.52. The average Bonchev–Trinajstić information content (AvgIpc) is 2.79. The molecule has 1 aromatic rings. The van der Waals surface area contributed by atoms with E-state index in [4.69, 9.17) is 9.15 Å². The highest BCUT2D eigenvalue weighted by atomic mass is 16.5. The van der Waals surface area contributed by atoms with Gasteiger partial charge in [-0.2, -0.15) is 4.98 Å². The van der Waals surface area contributed by atoms with Crippen LogP contribution in [0.5, 0.6) is 0 Å². The summed E-state index contributed by atoms with van der Waals surface area (Å²) in [6, 6.07) is 0.411. The van der Waals surface area contributed by atoms with Gasteiger partial charge in [0.15, 0.2) is 5.69 Å². The average molecular weight is 254 g/mol. The Kier molecular flexibility index (Phi) is 3.56. The van der Waals surface area contributed by atoms with Crippen LogP contribution in [0, 0.1) is 0 Å². The topological polar surface area (TPSA) is 75.8 Å². The van der Waals surface area contributed by atoms with Crippen molar-refractivity contribution in [1.82, 2.24) is 4.98 Å². The number of ether oxygens (including phenoxy) is 1. The molecule has 0 saturated carbocycles. The van der Waals surface area contributed by atoms with Crippen molar-refractivity contribution < 1.29 is 19.1 Å². The lowest BCUT2D eigenvalue weighted by Gasteiger charge is -2.34. The molecule has 0 aliphatic carbocycles. The monoisotopic (exact) mass is 254 g/mol. The van der Waals surface area contributed by atoms with Gasteiger partial charge < -0.3 is 19.2 Å². The fraction of sp³-hybridized carbons (Fsp3) is 0.667. The van der Waals surface area contributed by atoms with E-state index in [0.29, 0.717) is 38.6 Å². The molecule has 1 aromatic heterocycles. The first-order valence-electron chi connectivity index (χ1n) is 6.12. The standard InChI is InChI=1S/C12H18N2O4/c1-3-17-10(15)9-8-18-11(13-9)14-6-4-12(2,16)5-7-14/h8,16H,3-7H2,1-2H3. The minimum atomic E-state index is -0.618. The summed E-state index contributed by atoms with van der Waals surface area (Å²) in [5.74, 6) is -0.475. The number of anilines is 1. The number of carbonyl (C=O) groups is 1. The number of hydrogen-bond donors (Lipinski definition) is 1. The molecule has 1 aliphatic heterocycles. The Balaban J connectivity index is 2.00. The molecule has 18 heavy (non-hydrogen) atoms. The number of nitrogens with zero attached hydrogens (tertiary/aromatic N) is 2. The van der Waals surface area contributed by atoms with Crippen LogP contribution in [0.2, 0.25) is 0 Å². The number of rotatable bonds is 3. The molecule has 1 aliphatic rings. The summed E-state index contributed by atoms with van der Waals surface area (Å²) < 4.78 is 10.1. The predicted octanol–water partition coefficient (Wildman–Crippen LogP) is 1.20. The third-order valence-corrected chi connectivity index (χ3v) is 3.09. The Morgan fingerprint density at radius 1 is 1.61 bits per heavy atom. The number of aliphatic hydroxyl groups is 1. The van der Waals surface area contributed by atoms with Gasteiger partial charge in [-0.3, -0.25) is 0 Å². The largest absolute Gasteiger partial charge is 0.461 e. The molecule has 1 saturated heterocycles. The summed E-state index contributed by atoms with van der Waals surface area (Å²) in [6.07, 6.45) is 2.62. The first kappa shape index (κ1) is 12.9. The molecule has 1 N–H and O–H groups in total. The zero-order valence-electron chi connectivity index (χ0n) is 10.7. The number of carbonyl (C=O) groups excluding carboxylic acids is 1. The van der Waals surface area contributed by atoms with E-state index in [9.17, 15) is 9.90 Å². The van der Waals surface area contributed by atoms with Gasteiger partial charge >= 0.3 is 5.97 Å². The van der Waals surface area contributed by atoms with E-state index in [0.717, 1.165) is 0 Å². The smallest absolute Gasteiger partial charge is 0.360 e. The molecule has 100 valence electrons. The minimum Gasteiger partial charge on any atom is -0.461 e.